The maximum atomic E-state index is 2.36. The highest BCUT2D eigenvalue weighted by Crippen LogP contribution is 2.51. The minimum Gasteiger partial charge on any atom is -0.0651 e. The van der Waals surface area contributed by atoms with E-state index in [0.717, 1.165) is 6.42 Å². The van der Waals surface area contributed by atoms with Gasteiger partial charge in [-0.2, -0.15) is 0 Å². The monoisotopic (exact) mass is 326 g/mol. The van der Waals surface area contributed by atoms with Crippen LogP contribution in [0, 0.1) is 6.92 Å². The van der Waals surface area contributed by atoms with E-state index in [-0.39, 0.29) is 5.41 Å². The lowest BCUT2D eigenvalue weighted by atomic mass is 9.81. The standard InChI is InChI=1S/C25H26/c1-5-10-18-11-6-7-12-20(18)19-15-16-23-24(17(19)2)21-13-8-9-14-22(21)25(23,3)4/h6-9,11-16H,5,10H2,1-4H3. The molecule has 0 heterocycles. The van der Waals surface area contributed by atoms with Crippen LogP contribution in [0.4, 0.5) is 0 Å². The maximum absolute atomic E-state index is 2.36. The van der Waals surface area contributed by atoms with Crippen LogP contribution < -0.4 is 0 Å². The van der Waals surface area contributed by atoms with Crippen molar-refractivity contribution in [1.82, 2.24) is 0 Å². The summed E-state index contributed by atoms with van der Waals surface area (Å²) >= 11 is 0. The van der Waals surface area contributed by atoms with Crippen LogP contribution in [0.5, 0.6) is 0 Å². The Morgan fingerprint density at radius 3 is 2.16 bits per heavy atom. The van der Waals surface area contributed by atoms with Gasteiger partial charge in [0.1, 0.15) is 0 Å². The lowest BCUT2D eigenvalue weighted by molar-refractivity contribution is 0.660. The van der Waals surface area contributed by atoms with E-state index in [2.05, 4.69) is 88.4 Å². The van der Waals surface area contributed by atoms with Crippen LogP contribution in [0.3, 0.4) is 0 Å². The molecule has 0 atom stereocenters. The quantitative estimate of drug-likeness (QED) is 0.490. The highest BCUT2D eigenvalue weighted by Gasteiger charge is 2.36. The third-order valence-electron chi connectivity index (χ3n) is 5.83. The Bertz CT molecular complexity index is 944. The molecular weight excluding hydrogens is 300 g/mol. The third kappa shape index (κ3) is 2.35. The normalized spacial score (nSPS) is 14.2. The number of aryl methyl sites for hydroxylation is 1. The van der Waals surface area contributed by atoms with E-state index in [9.17, 15) is 0 Å². The summed E-state index contributed by atoms with van der Waals surface area (Å²) in [5.74, 6) is 0. The Morgan fingerprint density at radius 2 is 1.40 bits per heavy atom. The van der Waals surface area contributed by atoms with Crippen LogP contribution in [0.2, 0.25) is 0 Å². The largest absolute Gasteiger partial charge is 0.0651 e. The molecule has 0 saturated carbocycles. The summed E-state index contributed by atoms with van der Waals surface area (Å²) in [6.07, 6.45) is 2.31. The molecule has 0 amide bonds. The molecule has 0 N–H and O–H groups in total. The highest BCUT2D eigenvalue weighted by molar-refractivity contribution is 5.88. The Morgan fingerprint density at radius 1 is 0.720 bits per heavy atom. The first-order valence-electron chi connectivity index (χ1n) is 9.38. The molecule has 3 aromatic carbocycles. The van der Waals surface area contributed by atoms with Crippen LogP contribution in [0.1, 0.15) is 49.4 Å². The zero-order valence-electron chi connectivity index (χ0n) is 15.7. The summed E-state index contributed by atoms with van der Waals surface area (Å²) in [5.41, 5.74) is 11.5. The van der Waals surface area contributed by atoms with Crippen molar-refractivity contribution < 1.29 is 0 Å². The van der Waals surface area contributed by atoms with Crippen molar-refractivity contribution in [3.05, 3.63) is 82.9 Å². The summed E-state index contributed by atoms with van der Waals surface area (Å²) in [5, 5.41) is 0. The molecule has 25 heavy (non-hydrogen) atoms. The second-order valence-corrected chi connectivity index (χ2v) is 7.74. The van der Waals surface area contributed by atoms with Crippen molar-refractivity contribution in [3.63, 3.8) is 0 Å². The van der Waals surface area contributed by atoms with E-state index in [4.69, 9.17) is 0 Å². The molecule has 3 aromatic rings. The smallest absolute Gasteiger partial charge is 0.0158 e. The van der Waals surface area contributed by atoms with Crippen molar-refractivity contribution in [2.75, 3.05) is 0 Å². The molecule has 0 heteroatoms. The van der Waals surface area contributed by atoms with Gasteiger partial charge >= 0.3 is 0 Å². The van der Waals surface area contributed by atoms with Crippen LogP contribution in [0.15, 0.2) is 60.7 Å². The van der Waals surface area contributed by atoms with Crippen LogP contribution in [0.25, 0.3) is 22.3 Å². The van der Waals surface area contributed by atoms with Gasteiger partial charge in [-0.1, -0.05) is 87.9 Å². The fourth-order valence-corrected chi connectivity index (χ4v) is 4.53. The van der Waals surface area contributed by atoms with E-state index >= 15 is 0 Å². The van der Waals surface area contributed by atoms with Crippen molar-refractivity contribution in [2.24, 2.45) is 0 Å². The van der Waals surface area contributed by atoms with Crippen molar-refractivity contribution in [1.29, 1.82) is 0 Å². The van der Waals surface area contributed by atoms with E-state index in [1.165, 1.54) is 50.9 Å². The molecule has 0 aliphatic heterocycles. The van der Waals surface area contributed by atoms with Gasteiger partial charge in [-0.15, -0.1) is 0 Å². The van der Waals surface area contributed by atoms with Crippen molar-refractivity contribution >= 4 is 0 Å². The minimum absolute atomic E-state index is 0.0815. The van der Waals surface area contributed by atoms with Gasteiger partial charge in [0, 0.05) is 5.41 Å². The number of hydrogen-bond acceptors (Lipinski definition) is 0. The van der Waals surface area contributed by atoms with Crippen molar-refractivity contribution in [2.45, 2.75) is 46.0 Å². The number of benzene rings is 3. The zero-order valence-corrected chi connectivity index (χ0v) is 15.7. The zero-order chi connectivity index (χ0) is 17.6. The molecule has 4 rings (SSSR count). The van der Waals surface area contributed by atoms with Gasteiger partial charge in [-0.05, 0) is 57.9 Å². The molecule has 1 aliphatic rings. The van der Waals surface area contributed by atoms with Gasteiger partial charge in [-0.25, -0.2) is 0 Å². The molecular formula is C25H26. The molecule has 0 fully saturated rings. The molecule has 0 radical (unpaired) electrons. The molecule has 1 aliphatic carbocycles. The van der Waals surface area contributed by atoms with E-state index in [0.29, 0.717) is 0 Å². The number of rotatable bonds is 3. The first kappa shape index (κ1) is 16.1. The van der Waals surface area contributed by atoms with Gasteiger partial charge in [0.25, 0.3) is 0 Å². The topological polar surface area (TPSA) is 0 Å². The minimum atomic E-state index is 0.0815. The van der Waals surface area contributed by atoms with Gasteiger partial charge in [0.05, 0.1) is 0 Å². The van der Waals surface area contributed by atoms with Crippen LogP contribution >= 0.6 is 0 Å². The summed E-state index contributed by atoms with van der Waals surface area (Å²) < 4.78 is 0. The molecule has 126 valence electrons. The lowest BCUT2D eigenvalue weighted by Crippen LogP contribution is -2.14. The predicted octanol–water partition coefficient (Wildman–Crippen LogP) is 6.92. The second-order valence-electron chi connectivity index (χ2n) is 7.74. The molecule has 0 unspecified atom stereocenters. The summed E-state index contributed by atoms with van der Waals surface area (Å²) in [4.78, 5) is 0. The Hall–Kier alpha value is -2.34. The average molecular weight is 326 g/mol. The first-order chi connectivity index (χ1) is 12.1. The van der Waals surface area contributed by atoms with Gasteiger partial charge in [0.2, 0.25) is 0 Å². The summed E-state index contributed by atoms with van der Waals surface area (Å²) in [6.45, 7) is 9.25. The van der Waals surface area contributed by atoms with E-state index in [1.807, 2.05) is 0 Å². The first-order valence-corrected chi connectivity index (χ1v) is 9.38. The highest BCUT2D eigenvalue weighted by atomic mass is 14.4. The SMILES string of the molecule is CCCc1ccccc1-c1ccc2c(c1C)-c1ccccc1C2(C)C. The van der Waals surface area contributed by atoms with Gasteiger partial charge in [0.15, 0.2) is 0 Å². The Balaban J connectivity index is 1.98. The fraction of sp³-hybridized carbons (Fsp3) is 0.280. The van der Waals surface area contributed by atoms with Gasteiger partial charge < -0.3 is 0 Å². The fourth-order valence-electron chi connectivity index (χ4n) is 4.53. The number of fused-ring (bicyclic) bond motifs is 3. The third-order valence-corrected chi connectivity index (χ3v) is 5.83. The van der Waals surface area contributed by atoms with E-state index in [1.54, 1.807) is 0 Å². The van der Waals surface area contributed by atoms with Crippen molar-refractivity contribution in [3.8, 4) is 22.3 Å². The molecule has 0 spiro atoms. The Labute approximate surface area is 151 Å². The second kappa shape index (κ2) is 5.88. The summed E-state index contributed by atoms with van der Waals surface area (Å²) in [6, 6.07) is 22.5. The average Bonchev–Trinajstić information content (AvgIpc) is 2.85. The van der Waals surface area contributed by atoms with Crippen LogP contribution in [-0.4, -0.2) is 0 Å². The molecule has 0 bridgehead atoms. The molecule has 0 saturated heterocycles. The van der Waals surface area contributed by atoms with Gasteiger partial charge in [-0.3, -0.25) is 0 Å². The maximum Gasteiger partial charge on any atom is 0.0158 e. The predicted molar refractivity (Wildman–Crippen MR) is 108 cm³/mol. The Kier molecular flexibility index (Phi) is 3.80. The van der Waals surface area contributed by atoms with Crippen LogP contribution in [-0.2, 0) is 11.8 Å². The molecule has 0 aromatic heterocycles. The summed E-state index contributed by atoms with van der Waals surface area (Å²) in [7, 11) is 0. The lowest BCUT2D eigenvalue weighted by Gasteiger charge is -2.22. The van der Waals surface area contributed by atoms with E-state index < -0.39 is 0 Å². The number of hydrogen-bond donors (Lipinski definition) is 0. The molecule has 0 nitrogen and oxygen atoms in total.